The van der Waals surface area contributed by atoms with Crippen molar-refractivity contribution in [2.24, 2.45) is 0 Å². The van der Waals surface area contributed by atoms with Crippen molar-refractivity contribution in [2.75, 3.05) is 11.4 Å². The summed E-state index contributed by atoms with van der Waals surface area (Å²) in [6.07, 6.45) is -0.964. The molecule has 0 aromatic carbocycles. The molecule has 0 fully saturated rings. The highest BCUT2D eigenvalue weighted by atomic mass is 19.4. The third-order valence-corrected chi connectivity index (χ3v) is 4.44. The fourth-order valence-electron chi connectivity index (χ4n) is 2.84. The number of aliphatic hydroxyl groups is 1. The Balaban J connectivity index is 2.01. The van der Waals surface area contributed by atoms with Gasteiger partial charge in [0.1, 0.15) is 5.82 Å². The Morgan fingerprint density at radius 1 is 1.19 bits per heavy atom. The van der Waals surface area contributed by atoms with Crippen LogP contribution in [-0.2, 0) is 12.0 Å². The number of anilines is 1. The fourth-order valence-corrected chi connectivity index (χ4v) is 2.84. The highest BCUT2D eigenvalue weighted by Gasteiger charge is 2.51. The predicted octanol–water partition coefficient (Wildman–Crippen LogP) is 3.34. The first-order valence-electron chi connectivity index (χ1n) is 7.85. The summed E-state index contributed by atoms with van der Waals surface area (Å²) < 4.78 is 39.1. The van der Waals surface area contributed by atoms with Crippen molar-refractivity contribution < 1.29 is 28.2 Å². The molecular weight excluding hydrogens is 351 g/mol. The molecule has 9 heteroatoms. The maximum Gasteiger partial charge on any atom is 0.421 e. The van der Waals surface area contributed by atoms with Crippen molar-refractivity contribution >= 4 is 11.9 Å². The van der Waals surface area contributed by atoms with Gasteiger partial charge in [-0.25, -0.2) is 9.78 Å². The van der Waals surface area contributed by atoms with Gasteiger partial charge in [-0.3, -0.25) is 9.88 Å². The minimum Gasteiger partial charge on any atom is -0.465 e. The monoisotopic (exact) mass is 367 g/mol. The van der Waals surface area contributed by atoms with Crippen molar-refractivity contribution in [1.29, 1.82) is 0 Å². The number of pyridine rings is 2. The summed E-state index contributed by atoms with van der Waals surface area (Å²) in [5.41, 5.74) is -1.85. The lowest BCUT2D eigenvalue weighted by molar-refractivity contribution is -0.259. The summed E-state index contributed by atoms with van der Waals surface area (Å²) in [5.74, 6) is 0.332. The van der Waals surface area contributed by atoms with Gasteiger partial charge in [-0.05, 0) is 37.5 Å². The van der Waals surface area contributed by atoms with E-state index in [2.05, 4.69) is 9.97 Å². The number of hydrogen-bond donors (Lipinski definition) is 2. The Bertz CT molecular complexity index is 853. The topological polar surface area (TPSA) is 86.6 Å². The number of halogens is 3. The molecule has 1 unspecified atom stereocenters. The van der Waals surface area contributed by atoms with Crippen LogP contribution in [0, 0.1) is 0 Å². The number of aryl methyl sites for hydroxylation is 1. The summed E-state index contributed by atoms with van der Waals surface area (Å²) in [6.45, 7) is 1.02. The lowest BCUT2D eigenvalue weighted by Gasteiger charge is -2.27. The molecule has 0 saturated heterocycles. The Kier molecular flexibility index (Phi) is 4.35. The zero-order chi connectivity index (χ0) is 19.1. The van der Waals surface area contributed by atoms with Crippen molar-refractivity contribution in [3.8, 4) is 11.1 Å². The van der Waals surface area contributed by atoms with Gasteiger partial charge in [0.2, 0.25) is 0 Å². The molecule has 2 aromatic heterocycles. The van der Waals surface area contributed by atoms with Crippen LogP contribution in [0.15, 0.2) is 30.7 Å². The molecule has 6 nitrogen and oxygen atoms in total. The third kappa shape index (κ3) is 3.10. The van der Waals surface area contributed by atoms with Gasteiger partial charge in [-0.2, -0.15) is 13.2 Å². The lowest BCUT2D eigenvalue weighted by atomic mass is 9.94. The number of fused-ring (bicyclic) bond motifs is 1. The van der Waals surface area contributed by atoms with Crippen LogP contribution in [0.4, 0.5) is 23.8 Å². The summed E-state index contributed by atoms with van der Waals surface area (Å²) in [6, 6.07) is 2.90. The van der Waals surface area contributed by atoms with Gasteiger partial charge < -0.3 is 10.2 Å². The van der Waals surface area contributed by atoms with Crippen LogP contribution in [0.25, 0.3) is 11.1 Å². The minimum atomic E-state index is -4.84. The maximum absolute atomic E-state index is 13.0. The molecule has 3 heterocycles. The molecule has 1 amide bonds. The zero-order valence-electron chi connectivity index (χ0n) is 13.8. The second kappa shape index (κ2) is 6.24. The van der Waals surface area contributed by atoms with Gasteiger partial charge in [0.05, 0.1) is 0 Å². The standard InChI is InChI=1S/C17H16F3N3O3/c1-16(26,17(18,19)20)13-6-12(7-21-9-13)11-5-10-3-2-4-23(15(24)25)14(10)22-8-11/h5-9,26H,2-4H2,1H3,(H,24,25). The number of amides is 1. The summed E-state index contributed by atoms with van der Waals surface area (Å²) in [5, 5.41) is 19.0. The van der Waals surface area contributed by atoms with Crippen LogP contribution in [-0.4, -0.2) is 39.0 Å². The Morgan fingerprint density at radius 2 is 1.88 bits per heavy atom. The number of carbonyl (C=O) groups is 1. The van der Waals surface area contributed by atoms with Crippen LogP contribution >= 0.6 is 0 Å². The van der Waals surface area contributed by atoms with E-state index in [1.165, 1.54) is 18.5 Å². The predicted molar refractivity (Wildman–Crippen MR) is 86.8 cm³/mol. The second-order valence-corrected chi connectivity index (χ2v) is 6.28. The maximum atomic E-state index is 13.0. The number of nitrogens with zero attached hydrogens (tertiary/aromatic N) is 3. The summed E-state index contributed by atoms with van der Waals surface area (Å²) in [4.78, 5) is 20.4. The van der Waals surface area contributed by atoms with Gasteiger partial charge in [0, 0.05) is 41.8 Å². The molecule has 0 saturated carbocycles. The molecule has 0 aliphatic carbocycles. The number of hydrogen-bond acceptors (Lipinski definition) is 4. The molecule has 138 valence electrons. The normalized spacial score (nSPS) is 16.7. The summed E-state index contributed by atoms with van der Waals surface area (Å²) in [7, 11) is 0. The van der Waals surface area contributed by atoms with E-state index in [0.717, 1.165) is 11.1 Å². The van der Waals surface area contributed by atoms with Crippen molar-refractivity contribution in [3.63, 3.8) is 0 Å². The molecule has 1 aliphatic heterocycles. The van der Waals surface area contributed by atoms with E-state index in [1.807, 2.05) is 0 Å². The SMILES string of the molecule is CC(O)(c1cncc(-c2cnc3c(c2)CCCN3C(=O)O)c1)C(F)(F)F. The Morgan fingerprint density at radius 3 is 2.54 bits per heavy atom. The van der Waals surface area contributed by atoms with E-state index >= 15 is 0 Å². The quantitative estimate of drug-likeness (QED) is 0.850. The first kappa shape index (κ1) is 18.1. The van der Waals surface area contributed by atoms with Crippen molar-refractivity contribution in [1.82, 2.24) is 9.97 Å². The highest BCUT2D eigenvalue weighted by molar-refractivity contribution is 5.86. The number of alkyl halides is 3. The summed E-state index contributed by atoms with van der Waals surface area (Å²) >= 11 is 0. The van der Waals surface area contributed by atoms with E-state index in [0.29, 0.717) is 48.8 Å². The van der Waals surface area contributed by atoms with E-state index in [1.54, 1.807) is 6.07 Å². The number of rotatable bonds is 2. The van der Waals surface area contributed by atoms with Crippen molar-refractivity contribution in [3.05, 3.63) is 41.9 Å². The fraction of sp³-hybridized carbons (Fsp3) is 0.353. The molecule has 3 rings (SSSR count). The van der Waals surface area contributed by atoms with E-state index in [9.17, 15) is 28.2 Å². The number of aromatic nitrogens is 2. The van der Waals surface area contributed by atoms with Gasteiger partial charge in [-0.1, -0.05) is 0 Å². The molecule has 0 radical (unpaired) electrons. The van der Waals surface area contributed by atoms with E-state index in [-0.39, 0.29) is 5.56 Å². The number of carboxylic acid groups (broad SMARTS) is 1. The zero-order valence-corrected chi connectivity index (χ0v) is 13.8. The van der Waals surface area contributed by atoms with E-state index in [4.69, 9.17) is 0 Å². The molecule has 0 bridgehead atoms. The molecule has 2 N–H and O–H groups in total. The van der Waals surface area contributed by atoms with E-state index < -0.39 is 17.9 Å². The second-order valence-electron chi connectivity index (χ2n) is 6.28. The molecule has 26 heavy (non-hydrogen) atoms. The average molecular weight is 367 g/mol. The first-order chi connectivity index (χ1) is 12.1. The lowest BCUT2D eigenvalue weighted by Crippen LogP contribution is -2.39. The Labute approximate surface area is 146 Å². The van der Waals surface area contributed by atoms with Crippen LogP contribution in [0.1, 0.15) is 24.5 Å². The van der Waals surface area contributed by atoms with Crippen LogP contribution in [0.3, 0.4) is 0 Å². The van der Waals surface area contributed by atoms with Crippen molar-refractivity contribution in [2.45, 2.75) is 31.5 Å². The van der Waals surface area contributed by atoms with Gasteiger partial charge in [0.25, 0.3) is 0 Å². The molecule has 0 spiro atoms. The van der Waals surface area contributed by atoms with Crippen LogP contribution < -0.4 is 4.90 Å². The Hall–Kier alpha value is -2.68. The van der Waals surface area contributed by atoms with Gasteiger partial charge in [-0.15, -0.1) is 0 Å². The van der Waals surface area contributed by atoms with Crippen LogP contribution in [0.5, 0.6) is 0 Å². The average Bonchev–Trinajstić information content (AvgIpc) is 2.59. The highest BCUT2D eigenvalue weighted by Crippen LogP contribution is 2.39. The largest absolute Gasteiger partial charge is 0.465 e. The molecular formula is C17H16F3N3O3. The van der Waals surface area contributed by atoms with Gasteiger partial charge in [0.15, 0.2) is 5.60 Å². The molecule has 2 aromatic rings. The first-order valence-corrected chi connectivity index (χ1v) is 7.85. The minimum absolute atomic E-state index is 0.332. The van der Waals surface area contributed by atoms with Crippen LogP contribution in [0.2, 0.25) is 0 Å². The van der Waals surface area contributed by atoms with Gasteiger partial charge >= 0.3 is 12.3 Å². The smallest absolute Gasteiger partial charge is 0.421 e. The third-order valence-electron chi connectivity index (χ3n) is 4.44. The molecule has 1 aliphatic rings. The molecule has 1 atom stereocenters.